The maximum atomic E-state index is 5.97. The lowest BCUT2D eigenvalue weighted by atomic mass is 10.2. The molecule has 0 aliphatic heterocycles. The number of fused-ring (bicyclic) bond motifs is 1. The zero-order valence-electron chi connectivity index (χ0n) is 9.24. The Balaban J connectivity index is 2.19. The summed E-state index contributed by atoms with van der Waals surface area (Å²) in [6, 6.07) is 11.4. The van der Waals surface area contributed by atoms with Gasteiger partial charge in [0.15, 0.2) is 0 Å². The van der Waals surface area contributed by atoms with Crippen LogP contribution in [0, 0.1) is 0 Å². The van der Waals surface area contributed by atoms with Gasteiger partial charge < -0.3 is 10.7 Å². The molecule has 0 bridgehead atoms. The third kappa shape index (κ3) is 1.87. The van der Waals surface area contributed by atoms with E-state index in [0.717, 1.165) is 26.9 Å². The molecule has 3 aromatic rings. The number of rotatable bonds is 1. The molecule has 3 rings (SSSR count). The van der Waals surface area contributed by atoms with Crippen LogP contribution in [-0.2, 0) is 0 Å². The van der Waals surface area contributed by atoms with Gasteiger partial charge in [-0.1, -0.05) is 17.7 Å². The van der Waals surface area contributed by atoms with E-state index in [9.17, 15) is 0 Å². The highest BCUT2D eigenvalue weighted by atomic mass is 79.9. The van der Waals surface area contributed by atoms with Crippen LogP contribution in [0.25, 0.3) is 22.4 Å². The highest BCUT2D eigenvalue weighted by Crippen LogP contribution is 2.29. The van der Waals surface area contributed by atoms with Crippen molar-refractivity contribution in [2.24, 2.45) is 0 Å². The predicted octanol–water partition coefficient (Wildman–Crippen LogP) is 4.23. The second-order valence-electron chi connectivity index (χ2n) is 3.96. The Kier molecular flexibility index (Phi) is 2.76. The van der Waals surface area contributed by atoms with Crippen LogP contribution in [0.2, 0.25) is 5.02 Å². The number of nitrogen functional groups attached to an aromatic ring is 1. The van der Waals surface area contributed by atoms with Gasteiger partial charge in [0.25, 0.3) is 0 Å². The molecule has 0 aliphatic rings. The molecule has 0 unspecified atom stereocenters. The van der Waals surface area contributed by atoms with Crippen LogP contribution < -0.4 is 5.73 Å². The zero-order valence-corrected chi connectivity index (χ0v) is 11.6. The summed E-state index contributed by atoms with van der Waals surface area (Å²) in [5.74, 6) is 0.778. The number of hydrogen-bond acceptors (Lipinski definition) is 2. The van der Waals surface area contributed by atoms with Crippen molar-refractivity contribution in [1.82, 2.24) is 9.97 Å². The van der Waals surface area contributed by atoms with E-state index in [4.69, 9.17) is 17.3 Å². The van der Waals surface area contributed by atoms with Gasteiger partial charge in [-0.25, -0.2) is 4.98 Å². The zero-order chi connectivity index (χ0) is 12.7. The van der Waals surface area contributed by atoms with Crippen molar-refractivity contribution in [1.29, 1.82) is 0 Å². The van der Waals surface area contributed by atoms with Crippen molar-refractivity contribution in [2.75, 3.05) is 5.73 Å². The Morgan fingerprint density at radius 3 is 2.78 bits per heavy atom. The van der Waals surface area contributed by atoms with Crippen molar-refractivity contribution in [3.8, 4) is 11.4 Å². The van der Waals surface area contributed by atoms with E-state index < -0.39 is 0 Å². The molecule has 0 spiro atoms. The van der Waals surface area contributed by atoms with Gasteiger partial charge in [-0.05, 0) is 46.3 Å². The fraction of sp³-hybridized carbons (Fsp3) is 0. The van der Waals surface area contributed by atoms with E-state index in [1.807, 2.05) is 36.4 Å². The van der Waals surface area contributed by atoms with Crippen LogP contribution in [-0.4, -0.2) is 9.97 Å². The number of aromatic nitrogens is 2. The minimum absolute atomic E-state index is 0.669. The minimum atomic E-state index is 0.669. The van der Waals surface area contributed by atoms with Gasteiger partial charge in [0.2, 0.25) is 0 Å². The van der Waals surface area contributed by atoms with Gasteiger partial charge in [0.05, 0.1) is 16.2 Å². The number of aromatic amines is 1. The smallest absolute Gasteiger partial charge is 0.138 e. The first-order valence-electron chi connectivity index (χ1n) is 5.35. The average molecular weight is 323 g/mol. The number of nitrogens with zero attached hydrogens (tertiary/aromatic N) is 1. The fourth-order valence-corrected chi connectivity index (χ4v) is 2.33. The maximum Gasteiger partial charge on any atom is 0.138 e. The van der Waals surface area contributed by atoms with E-state index in [-0.39, 0.29) is 0 Å². The maximum absolute atomic E-state index is 5.97. The normalized spacial score (nSPS) is 11.0. The van der Waals surface area contributed by atoms with Crippen LogP contribution in [0.1, 0.15) is 0 Å². The molecule has 0 saturated heterocycles. The SMILES string of the molecule is Nc1cccc2[nH]c(-c3ccc(Cl)c(Br)c3)nc12. The third-order valence-corrected chi connectivity index (χ3v) is 3.95. The first-order chi connectivity index (χ1) is 8.65. The molecule has 0 amide bonds. The van der Waals surface area contributed by atoms with E-state index >= 15 is 0 Å². The topological polar surface area (TPSA) is 54.7 Å². The van der Waals surface area contributed by atoms with E-state index in [1.54, 1.807) is 0 Å². The number of hydrogen-bond donors (Lipinski definition) is 2. The van der Waals surface area contributed by atoms with Crippen molar-refractivity contribution >= 4 is 44.3 Å². The van der Waals surface area contributed by atoms with E-state index in [1.165, 1.54) is 0 Å². The predicted molar refractivity (Wildman–Crippen MR) is 78.7 cm³/mol. The summed E-state index contributed by atoms with van der Waals surface area (Å²) < 4.78 is 0.843. The number of halogens is 2. The highest BCUT2D eigenvalue weighted by molar-refractivity contribution is 9.10. The van der Waals surface area contributed by atoms with Gasteiger partial charge in [0, 0.05) is 10.0 Å². The quantitative estimate of drug-likeness (QED) is 0.659. The summed E-state index contributed by atoms with van der Waals surface area (Å²) in [7, 11) is 0. The summed E-state index contributed by atoms with van der Waals surface area (Å²) in [5, 5.41) is 0.675. The van der Waals surface area contributed by atoms with Gasteiger partial charge in [0.1, 0.15) is 11.3 Å². The fourth-order valence-electron chi connectivity index (χ4n) is 1.83. The van der Waals surface area contributed by atoms with Crippen LogP contribution in [0.4, 0.5) is 5.69 Å². The third-order valence-electron chi connectivity index (χ3n) is 2.74. The van der Waals surface area contributed by atoms with Crippen molar-refractivity contribution in [3.05, 3.63) is 45.9 Å². The Hall–Kier alpha value is -1.52. The molecule has 0 radical (unpaired) electrons. The summed E-state index contributed by atoms with van der Waals surface area (Å²) in [5.41, 5.74) is 9.24. The molecule has 2 aromatic carbocycles. The molecule has 3 N–H and O–H groups in total. The lowest BCUT2D eigenvalue weighted by Gasteiger charge is -1.99. The van der Waals surface area contributed by atoms with Gasteiger partial charge in [-0.15, -0.1) is 0 Å². The molecule has 0 aliphatic carbocycles. The first kappa shape index (κ1) is 11.6. The lowest BCUT2D eigenvalue weighted by molar-refractivity contribution is 1.33. The molecule has 3 nitrogen and oxygen atoms in total. The number of nitrogens with one attached hydrogen (secondary N) is 1. The summed E-state index contributed by atoms with van der Waals surface area (Å²) >= 11 is 9.38. The molecule has 90 valence electrons. The molecule has 1 heterocycles. The van der Waals surface area contributed by atoms with Crippen molar-refractivity contribution < 1.29 is 0 Å². The molecular weight excluding hydrogens is 314 g/mol. The van der Waals surface area contributed by atoms with Gasteiger partial charge in [-0.3, -0.25) is 0 Å². The number of benzene rings is 2. The number of para-hydroxylation sites is 1. The summed E-state index contributed by atoms with van der Waals surface area (Å²) in [6.07, 6.45) is 0. The molecular formula is C13H9BrClN3. The van der Waals surface area contributed by atoms with Crippen LogP contribution in [0.15, 0.2) is 40.9 Å². The molecule has 5 heteroatoms. The van der Waals surface area contributed by atoms with Crippen LogP contribution in [0.5, 0.6) is 0 Å². The standard InChI is InChI=1S/C13H9BrClN3/c14-8-6-7(4-5-9(8)15)13-17-11-3-1-2-10(16)12(11)18-13/h1-6H,16H2,(H,17,18). The second kappa shape index (κ2) is 4.30. The lowest BCUT2D eigenvalue weighted by Crippen LogP contribution is -1.85. The number of H-pyrrole nitrogens is 1. The van der Waals surface area contributed by atoms with Crippen molar-refractivity contribution in [3.63, 3.8) is 0 Å². The molecule has 0 saturated carbocycles. The molecule has 18 heavy (non-hydrogen) atoms. The average Bonchev–Trinajstić information content (AvgIpc) is 2.78. The Labute approximate surface area is 117 Å². The molecule has 0 atom stereocenters. The van der Waals surface area contributed by atoms with Gasteiger partial charge in [-0.2, -0.15) is 0 Å². The highest BCUT2D eigenvalue weighted by Gasteiger charge is 2.08. The Morgan fingerprint density at radius 1 is 1.22 bits per heavy atom. The number of nitrogens with two attached hydrogens (primary N) is 1. The van der Waals surface area contributed by atoms with E-state index in [2.05, 4.69) is 25.9 Å². The Morgan fingerprint density at radius 2 is 2.06 bits per heavy atom. The van der Waals surface area contributed by atoms with Crippen molar-refractivity contribution in [2.45, 2.75) is 0 Å². The number of anilines is 1. The molecule has 0 fully saturated rings. The number of imidazole rings is 1. The molecule has 1 aromatic heterocycles. The largest absolute Gasteiger partial charge is 0.397 e. The van der Waals surface area contributed by atoms with Crippen LogP contribution in [0.3, 0.4) is 0 Å². The van der Waals surface area contributed by atoms with Crippen LogP contribution >= 0.6 is 27.5 Å². The monoisotopic (exact) mass is 321 g/mol. The van der Waals surface area contributed by atoms with Gasteiger partial charge >= 0.3 is 0 Å². The van der Waals surface area contributed by atoms with E-state index in [0.29, 0.717) is 10.7 Å². The Bertz CT molecular complexity index is 736. The minimum Gasteiger partial charge on any atom is -0.397 e. The summed E-state index contributed by atoms with van der Waals surface area (Å²) in [4.78, 5) is 7.75. The summed E-state index contributed by atoms with van der Waals surface area (Å²) in [6.45, 7) is 0. The first-order valence-corrected chi connectivity index (χ1v) is 6.52. The second-order valence-corrected chi connectivity index (χ2v) is 5.22.